The van der Waals surface area contributed by atoms with E-state index in [0.29, 0.717) is 28.6 Å². The van der Waals surface area contributed by atoms with E-state index in [9.17, 15) is 24.0 Å². The Balaban J connectivity index is 1.39. The van der Waals surface area contributed by atoms with Crippen LogP contribution in [0.5, 0.6) is 0 Å². The minimum Gasteiger partial charge on any atom is -0.352 e. The number of nitrogens with zero attached hydrogens (tertiary/aromatic N) is 3. The molecule has 2 aliphatic heterocycles. The molecule has 1 fully saturated rings. The fraction of sp³-hybridized carbons (Fsp3) is 0.321. The van der Waals surface area contributed by atoms with Crippen LogP contribution in [-0.4, -0.2) is 52.3 Å². The molecule has 0 radical (unpaired) electrons. The summed E-state index contributed by atoms with van der Waals surface area (Å²) in [5.74, 6) is -0.720. The Hall–Kier alpha value is -4.12. The topological polar surface area (TPSA) is 103 Å². The van der Waals surface area contributed by atoms with E-state index in [1.807, 2.05) is 42.5 Å². The number of hydrogen-bond donors (Lipinski definition) is 1. The molecule has 0 aliphatic carbocycles. The molecule has 1 unspecified atom stereocenters. The van der Waals surface area contributed by atoms with Gasteiger partial charge in [-0.2, -0.15) is 5.26 Å². The molecule has 182 valence electrons. The molecular formula is C28H25FN4O3. The molecular weight excluding hydrogens is 459 g/mol. The van der Waals surface area contributed by atoms with Crippen molar-refractivity contribution in [3.63, 3.8) is 0 Å². The zero-order chi connectivity index (χ0) is 25.4. The minimum absolute atomic E-state index is 0.0225. The molecule has 36 heavy (non-hydrogen) atoms. The maximum atomic E-state index is 14.3. The highest BCUT2D eigenvalue weighted by atomic mass is 19.1. The van der Waals surface area contributed by atoms with Gasteiger partial charge in [0.05, 0.1) is 18.1 Å². The zero-order valence-corrected chi connectivity index (χ0v) is 19.9. The normalized spacial score (nSPS) is 21.1. The lowest BCUT2D eigenvalue weighted by Gasteiger charge is -2.19. The molecule has 5 rings (SSSR count). The van der Waals surface area contributed by atoms with Gasteiger partial charge < -0.3 is 10.2 Å². The van der Waals surface area contributed by atoms with Crippen LogP contribution in [0.15, 0.2) is 48.7 Å². The molecule has 8 heteroatoms. The smallest absolute Gasteiger partial charge is 0.251 e. The van der Waals surface area contributed by atoms with Gasteiger partial charge in [-0.3, -0.25) is 19.4 Å². The standard InChI is InChI=1S/C28H25FN4O3/c1-28(29)14-20(15-30)33(16-28)26(35)7-6-25(34)21-9-11-31-24-5-4-19(13-23(21)24)18-3-2-17-8-10-32-27(36)22(17)12-18/h2-5,9,11-13,20H,6-8,10,14,16H2,1H3,(H,32,36)/t20-,28?/m0/s1. The molecule has 2 aromatic carbocycles. The molecule has 1 aromatic heterocycles. The summed E-state index contributed by atoms with van der Waals surface area (Å²) in [5, 5.41) is 12.8. The van der Waals surface area contributed by atoms with Gasteiger partial charge >= 0.3 is 0 Å². The first-order valence-corrected chi connectivity index (χ1v) is 12.0. The van der Waals surface area contributed by atoms with E-state index >= 15 is 0 Å². The van der Waals surface area contributed by atoms with Gasteiger partial charge in [-0.1, -0.05) is 18.2 Å². The summed E-state index contributed by atoms with van der Waals surface area (Å²) < 4.78 is 14.3. The van der Waals surface area contributed by atoms with Gasteiger partial charge in [0.25, 0.3) is 5.91 Å². The summed E-state index contributed by atoms with van der Waals surface area (Å²) in [6, 6.07) is 14.2. The number of benzene rings is 2. The predicted octanol–water partition coefficient (Wildman–Crippen LogP) is 4.00. The summed E-state index contributed by atoms with van der Waals surface area (Å²) >= 11 is 0. The van der Waals surface area contributed by atoms with E-state index in [1.54, 1.807) is 12.3 Å². The number of aromatic nitrogens is 1. The number of alkyl halides is 1. The highest BCUT2D eigenvalue weighted by Crippen LogP contribution is 2.31. The van der Waals surface area contributed by atoms with E-state index in [1.165, 1.54) is 11.8 Å². The number of carbonyl (C=O) groups excluding carboxylic acids is 3. The number of amides is 2. The van der Waals surface area contributed by atoms with Gasteiger partial charge in [0.15, 0.2) is 5.78 Å². The summed E-state index contributed by atoms with van der Waals surface area (Å²) in [7, 11) is 0. The van der Waals surface area contributed by atoms with E-state index in [2.05, 4.69) is 10.3 Å². The molecule has 7 nitrogen and oxygen atoms in total. The molecule has 3 heterocycles. The molecule has 3 aromatic rings. The maximum absolute atomic E-state index is 14.3. The van der Waals surface area contributed by atoms with E-state index in [-0.39, 0.29) is 37.5 Å². The number of likely N-dealkylation sites (tertiary alicyclic amines) is 1. The third-order valence-electron chi connectivity index (χ3n) is 6.94. The van der Waals surface area contributed by atoms with Crippen molar-refractivity contribution in [2.24, 2.45) is 0 Å². The molecule has 1 saturated heterocycles. The second-order valence-corrected chi connectivity index (χ2v) is 9.68. The zero-order valence-electron chi connectivity index (χ0n) is 19.9. The third-order valence-corrected chi connectivity index (χ3v) is 6.94. The first-order valence-electron chi connectivity index (χ1n) is 12.0. The average Bonchev–Trinajstić information content (AvgIpc) is 3.21. The number of nitrogens with one attached hydrogen (secondary N) is 1. The van der Waals surface area contributed by atoms with Gasteiger partial charge in [-0.05, 0) is 54.3 Å². The first-order chi connectivity index (χ1) is 17.3. The Morgan fingerprint density at radius 1 is 1.19 bits per heavy atom. The lowest BCUT2D eigenvalue weighted by Crippen LogP contribution is -2.36. The van der Waals surface area contributed by atoms with E-state index < -0.39 is 17.6 Å². The van der Waals surface area contributed by atoms with Crippen LogP contribution in [0.3, 0.4) is 0 Å². The molecule has 0 spiro atoms. The Morgan fingerprint density at radius 2 is 1.97 bits per heavy atom. The number of Topliss-reactive ketones (excluding diaryl/α,β-unsaturated/α-hetero) is 1. The Morgan fingerprint density at radius 3 is 2.78 bits per heavy atom. The van der Waals surface area contributed by atoms with Gasteiger partial charge in [-0.15, -0.1) is 0 Å². The Labute approximate surface area is 207 Å². The van der Waals surface area contributed by atoms with Crippen molar-refractivity contribution in [2.45, 2.75) is 44.3 Å². The SMILES string of the molecule is CC1(F)C[C@@H](C#N)N(C(=O)CCC(=O)c2ccnc3ccc(-c4ccc5c(c4)C(=O)NCC5)cc23)C1. The number of carbonyl (C=O) groups is 3. The monoisotopic (exact) mass is 484 g/mol. The number of pyridine rings is 1. The van der Waals surface area contributed by atoms with Crippen molar-refractivity contribution in [1.82, 2.24) is 15.2 Å². The summed E-state index contributed by atoms with van der Waals surface area (Å²) in [6.45, 7) is 1.87. The fourth-order valence-electron chi connectivity index (χ4n) is 5.08. The first kappa shape index (κ1) is 23.6. The van der Waals surface area contributed by atoms with E-state index in [4.69, 9.17) is 0 Å². The quantitative estimate of drug-likeness (QED) is 0.552. The van der Waals surface area contributed by atoms with Crippen molar-refractivity contribution in [2.75, 3.05) is 13.1 Å². The highest BCUT2D eigenvalue weighted by molar-refractivity contribution is 6.09. The van der Waals surface area contributed by atoms with Crippen LogP contribution in [0.2, 0.25) is 0 Å². The molecule has 2 amide bonds. The van der Waals surface area contributed by atoms with Crippen LogP contribution in [0.1, 0.15) is 52.5 Å². The molecule has 1 N–H and O–H groups in total. The van der Waals surface area contributed by atoms with Gasteiger partial charge in [0.1, 0.15) is 11.7 Å². The minimum atomic E-state index is -1.60. The summed E-state index contributed by atoms with van der Waals surface area (Å²) in [5.41, 5.74) is 2.85. The lowest BCUT2D eigenvalue weighted by atomic mass is 9.93. The van der Waals surface area contributed by atoms with Crippen LogP contribution in [-0.2, 0) is 11.2 Å². The van der Waals surface area contributed by atoms with Crippen molar-refractivity contribution in [3.05, 3.63) is 65.4 Å². The van der Waals surface area contributed by atoms with Gasteiger partial charge in [0, 0.05) is 48.5 Å². The van der Waals surface area contributed by atoms with Crippen molar-refractivity contribution >= 4 is 28.5 Å². The second kappa shape index (κ2) is 9.15. The second-order valence-electron chi connectivity index (χ2n) is 9.68. The number of halogens is 1. The number of nitriles is 1. The molecule has 0 bridgehead atoms. The summed E-state index contributed by atoms with van der Waals surface area (Å²) in [4.78, 5) is 43.7. The number of hydrogen-bond acceptors (Lipinski definition) is 5. The number of fused-ring (bicyclic) bond motifs is 2. The maximum Gasteiger partial charge on any atom is 0.251 e. The van der Waals surface area contributed by atoms with Gasteiger partial charge in [-0.25, -0.2) is 4.39 Å². The Kier molecular flexibility index (Phi) is 6.00. The predicted molar refractivity (Wildman–Crippen MR) is 132 cm³/mol. The van der Waals surface area contributed by atoms with Gasteiger partial charge in [0.2, 0.25) is 5.91 Å². The lowest BCUT2D eigenvalue weighted by molar-refractivity contribution is -0.131. The average molecular weight is 485 g/mol. The molecule has 0 saturated carbocycles. The molecule has 2 atom stereocenters. The van der Waals surface area contributed by atoms with Crippen LogP contribution in [0.4, 0.5) is 4.39 Å². The molecule has 2 aliphatic rings. The summed E-state index contributed by atoms with van der Waals surface area (Å²) in [6.07, 6.45) is 2.17. The van der Waals surface area contributed by atoms with Crippen LogP contribution in [0.25, 0.3) is 22.0 Å². The highest BCUT2D eigenvalue weighted by Gasteiger charge is 2.43. The van der Waals surface area contributed by atoms with Crippen LogP contribution < -0.4 is 5.32 Å². The fourth-order valence-corrected chi connectivity index (χ4v) is 5.08. The van der Waals surface area contributed by atoms with Crippen LogP contribution >= 0.6 is 0 Å². The third kappa shape index (κ3) is 4.44. The Bertz CT molecular complexity index is 1440. The van der Waals surface area contributed by atoms with Crippen molar-refractivity contribution < 1.29 is 18.8 Å². The largest absolute Gasteiger partial charge is 0.352 e. The number of rotatable bonds is 5. The van der Waals surface area contributed by atoms with E-state index in [0.717, 1.165) is 23.1 Å². The number of ketones is 1. The van der Waals surface area contributed by atoms with Crippen LogP contribution in [0, 0.1) is 11.3 Å². The van der Waals surface area contributed by atoms with Crippen molar-refractivity contribution in [3.8, 4) is 17.2 Å². The van der Waals surface area contributed by atoms with Crippen molar-refractivity contribution in [1.29, 1.82) is 5.26 Å².